The van der Waals surface area contributed by atoms with Crippen LogP contribution < -0.4 is 24.8 Å². The molecule has 0 aromatic heterocycles. The molecule has 0 radical (unpaired) electrons. The van der Waals surface area contributed by atoms with Crippen molar-refractivity contribution in [2.24, 2.45) is 0 Å². The third-order valence-electron chi connectivity index (χ3n) is 7.23. The van der Waals surface area contributed by atoms with Crippen LogP contribution in [0.4, 0.5) is 0 Å². The van der Waals surface area contributed by atoms with Gasteiger partial charge in [-0.25, -0.2) is 0 Å². The van der Waals surface area contributed by atoms with E-state index in [-0.39, 0.29) is 46.5 Å². The largest absolute Gasteiger partial charge is 2.00 e. The summed E-state index contributed by atoms with van der Waals surface area (Å²) in [5, 5.41) is 5.70. The van der Waals surface area contributed by atoms with Gasteiger partial charge >= 0.3 is 21.7 Å². The fraction of sp³-hybridized carbons (Fsp3) is 0.368. The molecule has 0 atom stereocenters. The molecule has 0 aliphatic heterocycles. The van der Waals surface area contributed by atoms with Gasteiger partial charge in [0.15, 0.2) is 0 Å². The molecule has 0 saturated carbocycles. The number of aryl methyl sites for hydroxylation is 2. The first kappa shape index (κ1) is 39.2. The van der Waals surface area contributed by atoms with E-state index in [0.717, 1.165) is 0 Å². The van der Waals surface area contributed by atoms with Gasteiger partial charge in [0.2, 0.25) is 0 Å². The minimum absolute atomic E-state index is 0. The molecule has 0 heterocycles. The van der Waals surface area contributed by atoms with Crippen LogP contribution >= 0.6 is 0 Å². The predicted octanol–water partition coefficient (Wildman–Crippen LogP) is 5.72. The van der Waals surface area contributed by atoms with Crippen LogP contribution in [0.2, 0.25) is 0 Å². The minimum atomic E-state index is 0. The van der Waals surface area contributed by atoms with Crippen LogP contribution in [0.3, 0.4) is 0 Å². The van der Waals surface area contributed by atoms with E-state index in [1.165, 1.54) is 54.9 Å². The van der Waals surface area contributed by atoms with Gasteiger partial charge in [0.1, 0.15) is 0 Å². The topological polar surface area (TPSA) is 0 Å². The average molecular weight is 623 g/mol. The molecule has 5 aromatic carbocycles. The Morgan fingerprint density at radius 1 is 0.512 bits per heavy atom. The van der Waals surface area contributed by atoms with E-state index < -0.39 is 0 Å². The SMILES string of the molecule is Cc1cc2c(C(C)C)cc(C(C)C)cc2[cH-]1.Cc1cc2c(C(C)C)cc(C(C)C)cc2[cH-]1.[Cl-].[Cl-].[Ti+2].[c-]1ccccc1. The molecule has 5 aromatic rings. The first-order chi connectivity index (χ1) is 18.0. The zero-order valence-electron chi connectivity index (χ0n) is 26.6. The van der Waals surface area contributed by atoms with Gasteiger partial charge in [-0.1, -0.05) is 104 Å². The summed E-state index contributed by atoms with van der Waals surface area (Å²) in [5.74, 6) is 2.42. The first-order valence-electron chi connectivity index (χ1n) is 14.3. The van der Waals surface area contributed by atoms with Crippen molar-refractivity contribution in [2.75, 3.05) is 0 Å². The van der Waals surface area contributed by atoms with Gasteiger partial charge in [0.25, 0.3) is 0 Å². The number of fused-ring (bicyclic) bond motifs is 2. The second-order valence-electron chi connectivity index (χ2n) is 12.0. The van der Waals surface area contributed by atoms with E-state index in [0.29, 0.717) is 23.7 Å². The molecule has 0 spiro atoms. The van der Waals surface area contributed by atoms with E-state index in [1.807, 2.05) is 30.3 Å². The van der Waals surface area contributed by atoms with E-state index >= 15 is 0 Å². The smallest absolute Gasteiger partial charge is 1.00 e. The number of hydrogen-bond acceptors (Lipinski definition) is 0. The van der Waals surface area contributed by atoms with Crippen LogP contribution in [0.1, 0.15) is 112 Å². The van der Waals surface area contributed by atoms with Gasteiger partial charge in [-0.15, -0.1) is 56.9 Å². The molecular formula is C38H47Cl2Ti-3. The molecule has 5 rings (SSSR count). The maximum atomic E-state index is 2.89. The Labute approximate surface area is 277 Å². The zero-order chi connectivity index (χ0) is 28.0. The Hall–Kier alpha value is -1.83. The Balaban J connectivity index is 0.000000613. The van der Waals surface area contributed by atoms with Crippen molar-refractivity contribution in [3.8, 4) is 0 Å². The van der Waals surface area contributed by atoms with Crippen LogP contribution in [-0.2, 0) is 21.7 Å². The molecule has 0 fully saturated rings. The quantitative estimate of drug-likeness (QED) is 0.178. The van der Waals surface area contributed by atoms with Gasteiger partial charge in [-0.2, -0.15) is 48.5 Å². The van der Waals surface area contributed by atoms with E-state index in [4.69, 9.17) is 0 Å². The molecule has 41 heavy (non-hydrogen) atoms. The number of halogens is 2. The Kier molecular flexibility index (Phi) is 17.2. The maximum absolute atomic E-state index is 2.89. The molecule has 3 heteroatoms. The molecule has 0 nitrogen and oxygen atoms in total. The molecular weight excluding hydrogens is 575 g/mol. The zero-order valence-corrected chi connectivity index (χ0v) is 29.6. The number of benzene rings is 3. The fourth-order valence-corrected chi connectivity index (χ4v) is 5.01. The van der Waals surface area contributed by atoms with Gasteiger partial charge in [-0.3, -0.25) is 0 Å². The van der Waals surface area contributed by atoms with E-state index in [9.17, 15) is 0 Å². The van der Waals surface area contributed by atoms with Crippen molar-refractivity contribution in [3.63, 3.8) is 0 Å². The van der Waals surface area contributed by atoms with E-state index in [2.05, 4.69) is 124 Å². The van der Waals surface area contributed by atoms with Crippen molar-refractivity contribution < 1.29 is 46.5 Å². The van der Waals surface area contributed by atoms with Gasteiger partial charge in [0, 0.05) is 0 Å². The molecule has 0 saturated heterocycles. The molecule has 220 valence electrons. The Morgan fingerprint density at radius 2 is 0.878 bits per heavy atom. The number of hydrogen-bond donors (Lipinski definition) is 0. The summed E-state index contributed by atoms with van der Waals surface area (Å²) in [4.78, 5) is 0. The third kappa shape index (κ3) is 10.7. The van der Waals surface area contributed by atoms with Crippen molar-refractivity contribution in [2.45, 2.75) is 92.9 Å². The van der Waals surface area contributed by atoms with Gasteiger partial charge in [-0.05, 0) is 23.7 Å². The predicted molar refractivity (Wildman–Crippen MR) is 170 cm³/mol. The van der Waals surface area contributed by atoms with Crippen molar-refractivity contribution in [1.82, 2.24) is 0 Å². The maximum Gasteiger partial charge on any atom is 2.00 e. The summed E-state index contributed by atoms with van der Waals surface area (Å²) in [7, 11) is 0. The van der Waals surface area contributed by atoms with Gasteiger partial charge < -0.3 is 24.8 Å². The molecule has 0 amide bonds. The summed E-state index contributed by atoms with van der Waals surface area (Å²) in [5.41, 5.74) is 8.66. The molecule has 0 bridgehead atoms. The van der Waals surface area contributed by atoms with Crippen molar-refractivity contribution in [1.29, 1.82) is 0 Å². The average Bonchev–Trinajstić information content (AvgIpc) is 3.44. The van der Waals surface area contributed by atoms with E-state index in [1.54, 1.807) is 0 Å². The monoisotopic (exact) mass is 621 g/mol. The minimum Gasteiger partial charge on any atom is -1.00 e. The first-order valence-corrected chi connectivity index (χ1v) is 14.3. The van der Waals surface area contributed by atoms with Crippen LogP contribution in [0.5, 0.6) is 0 Å². The third-order valence-corrected chi connectivity index (χ3v) is 7.23. The second-order valence-corrected chi connectivity index (χ2v) is 12.0. The summed E-state index contributed by atoms with van der Waals surface area (Å²) in [6.07, 6.45) is 0. The van der Waals surface area contributed by atoms with Gasteiger partial charge in [0.05, 0.1) is 0 Å². The molecule has 0 N–H and O–H groups in total. The summed E-state index contributed by atoms with van der Waals surface area (Å²) in [6.45, 7) is 22.5. The van der Waals surface area contributed by atoms with Crippen molar-refractivity contribution in [3.05, 3.63) is 118 Å². The fourth-order valence-electron chi connectivity index (χ4n) is 5.01. The Morgan fingerprint density at radius 3 is 1.12 bits per heavy atom. The normalized spacial score (nSPS) is 10.5. The molecule has 0 aliphatic rings. The van der Waals surface area contributed by atoms with Crippen LogP contribution in [-0.4, -0.2) is 0 Å². The standard InChI is InChI=1S/2C16H21.C6H5.2ClH.Ti/c2*1-10(2)13-8-14-6-12(5)7-16(14)15(9-13)11(3)4;1-2-4-6-5-3-1;;;/h2*6-11H,1-5H3;1-5H;2*1H;/q3*-1;;;+2/p-2. The van der Waals surface area contributed by atoms with Crippen LogP contribution in [0.15, 0.2) is 78.9 Å². The summed E-state index contributed by atoms with van der Waals surface area (Å²) >= 11 is 0. The summed E-state index contributed by atoms with van der Waals surface area (Å²) < 4.78 is 0. The molecule has 0 aliphatic carbocycles. The van der Waals surface area contributed by atoms with Crippen LogP contribution in [0.25, 0.3) is 21.5 Å². The summed E-state index contributed by atoms with van der Waals surface area (Å²) in [6, 6.07) is 31.2. The Bertz CT molecular complexity index is 1310. The second kappa shape index (κ2) is 18.0. The van der Waals surface area contributed by atoms with Crippen LogP contribution in [0, 0.1) is 19.9 Å². The van der Waals surface area contributed by atoms with Crippen molar-refractivity contribution >= 4 is 21.5 Å². The number of rotatable bonds is 4. The molecule has 0 unspecified atom stereocenters.